The van der Waals surface area contributed by atoms with Gasteiger partial charge in [0.15, 0.2) is 11.6 Å². The maximum absolute atomic E-state index is 13.4. The Kier molecular flexibility index (Phi) is 6.17. The predicted octanol–water partition coefficient (Wildman–Crippen LogP) is 3.37. The van der Waals surface area contributed by atoms with E-state index in [1.165, 1.54) is 6.07 Å². The summed E-state index contributed by atoms with van der Waals surface area (Å²) in [6, 6.07) is 6.20. The van der Waals surface area contributed by atoms with E-state index in [-0.39, 0.29) is 23.3 Å². The fourth-order valence-electron chi connectivity index (χ4n) is 2.59. The van der Waals surface area contributed by atoms with Gasteiger partial charge < -0.3 is 15.2 Å². The third-order valence-electron chi connectivity index (χ3n) is 3.06. The molecule has 0 aliphatic heterocycles. The molecule has 0 saturated carbocycles. The summed E-state index contributed by atoms with van der Waals surface area (Å²) in [6.45, 7) is 11.3. The maximum atomic E-state index is 13.4. The van der Waals surface area contributed by atoms with E-state index in [1.807, 2.05) is 0 Å². The van der Waals surface area contributed by atoms with Crippen LogP contribution in [0.2, 0.25) is 0 Å². The SMILES string of the molecule is CC(C)(C)CC(C)(C)NCC(O)COc1ccccc1F. The predicted molar refractivity (Wildman–Crippen MR) is 84.1 cm³/mol. The minimum absolute atomic E-state index is 0.0690. The van der Waals surface area contributed by atoms with Crippen LogP contribution in [0.3, 0.4) is 0 Å². The molecule has 3 nitrogen and oxygen atoms in total. The van der Waals surface area contributed by atoms with Gasteiger partial charge in [-0.1, -0.05) is 32.9 Å². The van der Waals surface area contributed by atoms with Gasteiger partial charge in [-0.05, 0) is 37.8 Å². The van der Waals surface area contributed by atoms with Crippen LogP contribution < -0.4 is 10.1 Å². The number of nitrogens with one attached hydrogen (secondary N) is 1. The first-order valence-corrected chi connectivity index (χ1v) is 7.39. The van der Waals surface area contributed by atoms with Crippen LogP contribution in [0.5, 0.6) is 5.75 Å². The van der Waals surface area contributed by atoms with Gasteiger partial charge in [0.25, 0.3) is 0 Å². The van der Waals surface area contributed by atoms with Crippen molar-refractivity contribution in [2.24, 2.45) is 5.41 Å². The Hall–Kier alpha value is -1.13. The third kappa shape index (κ3) is 7.44. The van der Waals surface area contributed by atoms with Gasteiger partial charge in [-0.2, -0.15) is 0 Å². The van der Waals surface area contributed by atoms with Crippen LogP contribution in [0.1, 0.15) is 41.0 Å². The summed E-state index contributed by atoms with van der Waals surface area (Å²) in [4.78, 5) is 0. The van der Waals surface area contributed by atoms with Gasteiger partial charge in [-0.3, -0.25) is 0 Å². The van der Waals surface area contributed by atoms with E-state index in [2.05, 4.69) is 39.9 Å². The van der Waals surface area contributed by atoms with Crippen molar-refractivity contribution in [2.75, 3.05) is 13.2 Å². The quantitative estimate of drug-likeness (QED) is 0.811. The molecule has 1 unspecified atom stereocenters. The molecule has 0 aliphatic carbocycles. The van der Waals surface area contributed by atoms with E-state index >= 15 is 0 Å². The average Bonchev–Trinajstić information content (AvgIpc) is 2.33. The first-order valence-electron chi connectivity index (χ1n) is 7.39. The van der Waals surface area contributed by atoms with Crippen molar-refractivity contribution in [3.05, 3.63) is 30.1 Å². The number of hydrogen-bond donors (Lipinski definition) is 2. The highest BCUT2D eigenvalue weighted by atomic mass is 19.1. The molecule has 21 heavy (non-hydrogen) atoms. The van der Waals surface area contributed by atoms with E-state index in [4.69, 9.17) is 4.74 Å². The average molecular weight is 297 g/mol. The Morgan fingerprint density at radius 3 is 2.38 bits per heavy atom. The summed E-state index contributed by atoms with van der Waals surface area (Å²) in [7, 11) is 0. The molecule has 1 rings (SSSR count). The van der Waals surface area contributed by atoms with Crippen molar-refractivity contribution in [1.29, 1.82) is 0 Å². The molecule has 1 aromatic rings. The van der Waals surface area contributed by atoms with Crippen LogP contribution in [0, 0.1) is 11.2 Å². The second-order valence-corrected chi connectivity index (χ2v) is 7.40. The summed E-state index contributed by atoms with van der Waals surface area (Å²) in [6.07, 6.45) is 0.310. The number of aliphatic hydroxyl groups is 1. The Morgan fingerprint density at radius 1 is 1.19 bits per heavy atom. The van der Waals surface area contributed by atoms with E-state index in [1.54, 1.807) is 18.2 Å². The number of ether oxygens (including phenoxy) is 1. The van der Waals surface area contributed by atoms with Gasteiger partial charge in [0.1, 0.15) is 12.7 Å². The lowest BCUT2D eigenvalue weighted by Crippen LogP contribution is -2.46. The molecule has 0 bridgehead atoms. The minimum Gasteiger partial charge on any atom is -0.488 e. The molecule has 0 radical (unpaired) electrons. The number of hydrogen-bond acceptors (Lipinski definition) is 3. The summed E-state index contributed by atoms with van der Waals surface area (Å²) >= 11 is 0. The molecular formula is C17H28FNO2. The second kappa shape index (κ2) is 7.23. The smallest absolute Gasteiger partial charge is 0.165 e. The molecule has 0 amide bonds. The molecule has 1 atom stereocenters. The number of aliphatic hydroxyl groups excluding tert-OH is 1. The number of rotatable bonds is 7. The van der Waals surface area contributed by atoms with Gasteiger partial charge in [0.05, 0.1) is 0 Å². The molecule has 0 spiro atoms. The fourth-order valence-corrected chi connectivity index (χ4v) is 2.59. The Balaban J connectivity index is 2.37. The molecule has 2 N–H and O–H groups in total. The molecule has 0 fully saturated rings. The standard InChI is InChI=1S/C17H28FNO2/c1-16(2,3)12-17(4,5)19-10-13(20)11-21-15-9-7-6-8-14(15)18/h6-9,13,19-20H,10-12H2,1-5H3. The molecule has 120 valence electrons. The Bertz CT molecular complexity index is 441. The van der Waals surface area contributed by atoms with Crippen molar-refractivity contribution in [2.45, 2.75) is 52.7 Å². The van der Waals surface area contributed by atoms with Crippen LogP contribution in [0.4, 0.5) is 4.39 Å². The topological polar surface area (TPSA) is 41.5 Å². The van der Waals surface area contributed by atoms with E-state index in [0.717, 1.165) is 6.42 Å². The zero-order valence-corrected chi connectivity index (χ0v) is 13.7. The molecule has 0 aromatic heterocycles. The second-order valence-electron chi connectivity index (χ2n) is 7.40. The molecule has 0 aliphatic rings. The van der Waals surface area contributed by atoms with Gasteiger partial charge in [-0.15, -0.1) is 0 Å². The number of halogens is 1. The molecule has 0 saturated heterocycles. The first kappa shape index (κ1) is 17.9. The van der Waals surface area contributed by atoms with Gasteiger partial charge >= 0.3 is 0 Å². The van der Waals surface area contributed by atoms with E-state index in [9.17, 15) is 9.50 Å². The first-order chi connectivity index (χ1) is 9.59. The monoisotopic (exact) mass is 297 g/mol. The van der Waals surface area contributed by atoms with Crippen LogP contribution in [0.15, 0.2) is 24.3 Å². The van der Waals surface area contributed by atoms with Crippen molar-refractivity contribution in [3.63, 3.8) is 0 Å². The number of β-amino-alcohol motifs (C(OH)–C–C–N with tert-alkyl or cyclic N) is 1. The minimum atomic E-state index is -0.677. The summed E-state index contributed by atoms with van der Waals surface area (Å²) in [5, 5.41) is 13.3. The lowest BCUT2D eigenvalue weighted by molar-refractivity contribution is 0.0925. The highest BCUT2D eigenvalue weighted by Crippen LogP contribution is 2.26. The maximum Gasteiger partial charge on any atom is 0.165 e. The normalized spacial score (nSPS) is 14.0. The molecule has 1 aromatic carbocycles. The van der Waals surface area contributed by atoms with Crippen LogP contribution in [-0.4, -0.2) is 29.9 Å². The highest BCUT2D eigenvalue weighted by molar-refractivity contribution is 5.23. The van der Waals surface area contributed by atoms with E-state index in [0.29, 0.717) is 6.54 Å². The van der Waals surface area contributed by atoms with Crippen LogP contribution in [0.25, 0.3) is 0 Å². The third-order valence-corrected chi connectivity index (χ3v) is 3.06. The lowest BCUT2D eigenvalue weighted by Gasteiger charge is -2.34. The van der Waals surface area contributed by atoms with Crippen molar-refractivity contribution >= 4 is 0 Å². The van der Waals surface area contributed by atoms with E-state index < -0.39 is 11.9 Å². The Labute approximate surface area is 127 Å². The van der Waals surface area contributed by atoms with Crippen LogP contribution in [-0.2, 0) is 0 Å². The van der Waals surface area contributed by atoms with Crippen molar-refractivity contribution < 1.29 is 14.2 Å². The van der Waals surface area contributed by atoms with Crippen molar-refractivity contribution in [1.82, 2.24) is 5.32 Å². The summed E-state index contributed by atoms with van der Waals surface area (Å²) in [5.74, 6) is -0.240. The molecule has 0 heterocycles. The molecular weight excluding hydrogens is 269 g/mol. The summed E-state index contributed by atoms with van der Waals surface area (Å²) < 4.78 is 18.7. The highest BCUT2D eigenvalue weighted by Gasteiger charge is 2.25. The zero-order valence-electron chi connectivity index (χ0n) is 13.7. The number of para-hydroxylation sites is 1. The lowest BCUT2D eigenvalue weighted by atomic mass is 9.82. The fraction of sp³-hybridized carbons (Fsp3) is 0.647. The number of benzene rings is 1. The van der Waals surface area contributed by atoms with Gasteiger partial charge in [0, 0.05) is 12.1 Å². The summed E-state index contributed by atoms with van der Waals surface area (Å²) in [5.41, 5.74) is 0.141. The van der Waals surface area contributed by atoms with Crippen LogP contribution >= 0.6 is 0 Å². The largest absolute Gasteiger partial charge is 0.488 e. The van der Waals surface area contributed by atoms with Gasteiger partial charge in [0.2, 0.25) is 0 Å². The zero-order chi connectivity index (χ0) is 16.1. The Morgan fingerprint density at radius 2 is 1.81 bits per heavy atom. The molecule has 4 heteroatoms. The van der Waals surface area contributed by atoms with Crippen molar-refractivity contribution in [3.8, 4) is 5.75 Å². The van der Waals surface area contributed by atoms with Gasteiger partial charge in [-0.25, -0.2) is 4.39 Å².